The number of rotatable bonds is 6. The number of nitrogens with one attached hydrogen (secondary N) is 2. The summed E-state index contributed by atoms with van der Waals surface area (Å²) in [6.45, 7) is 1.56. The fourth-order valence-corrected chi connectivity index (χ4v) is 2.18. The van der Waals surface area contributed by atoms with Crippen molar-refractivity contribution in [2.45, 2.75) is 19.8 Å². The number of hydrogen-bond donors (Lipinski definition) is 3. The standard InChI is InChI=1S/C18H20N2O3/c1-13(22)19-16-8-4-15(5-9-16)12-18(23)20-17-6-2-14(3-7-17)10-11-21/h2-9,21H,10-12H2,1H3,(H,19,22)(H,20,23). The molecule has 3 N–H and O–H groups in total. The Morgan fingerprint density at radius 2 is 1.39 bits per heavy atom. The van der Waals surface area contributed by atoms with Crippen LogP contribution in [0.25, 0.3) is 0 Å². The summed E-state index contributed by atoms with van der Waals surface area (Å²) in [6, 6.07) is 14.6. The van der Waals surface area contributed by atoms with E-state index in [9.17, 15) is 9.59 Å². The molecule has 0 bridgehead atoms. The second kappa shape index (κ2) is 8.10. The van der Waals surface area contributed by atoms with Gasteiger partial charge in [-0.25, -0.2) is 0 Å². The van der Waals surface area contributed by atoms with Gasteiger partial charge in [-0.3, -0.25) is 9.59 Å². The molecule has 2 aromatic carbocycles. The first-order valence-corrected chi connectivity index (χ1v) is 7.43. The first-order chi connectivity index (χ1) is 11.1. The summed E-state index contributed by atoms with van der Waals surface area (Å²) in [5, 5.41) is 14.4. The number of aliphatic hydroxyl groups is 1. The largest absolute Gasteiger partial charge is 0.396 e. The summed E-state index contributed by atoms with van der Waals surface area (Å²) >= 11 is 0. The Morgan fingerprint density at radius 1 is 0.870 bits per heavy atom. The van der Waals surface area contributed by atoms with E-state index >= 15 is 0 Å². The van der Waals surface area contributed by atoms with Crippen LogP contribution in [0.3, 0.4) is 0 Å². The highest BCUT2D eigenvalue weighted by Crippen LogP contribution is 2.13. The molecule has 0 unspecified atom stereocenters. The van der Waals surface area contributed by atoms with E-state index in [4.69, 9.17) is 5.11 Å². The Balaban J connectivity index is 1.90. The van der Waals surface area contributed by atoms with Gasteiger partial charge in [0, 0.05) is 24.9 Å². The lowest BCUT2D eigenvalue weighted by Gasteiger charge is -2.07. The summed E-state index contributed by atoms with van der Waals surface area (Å²) in [5.41, 5.74) is 3.33. The summed E-state index contributed by atoms with van der Waals surface area (Å²) in [7, 11) is 0. The molecule has 0 aliphatic carbocycles. The van der Waals surface area contributed by atoms with Gasteiger partial charge in [-0.2, -0.15) is 0 Å². The van der Waals surface area contributed by atoms with Crippen molar-refractivity contribution in [3.05, 3.63) is 59.7 Å². The van der Waals surface area contributed by atoms with Crippen LogP contribution in [0.2, 0.25) is 0 Å². The number of benzene rings is 2. The molecular formula is C18H20N2O3. The van der Waals surface area contributed by atoms with Crippen LogP contribution in [0, 0.1) is 0 Å². The first kappa shape index (κ1) is 16.7. The smallest absolute Gasteiger partial charge is 0.228 e. The zero-order valence-electron chi connectivity index (χ0n) is 13.0. The predicted octanol–water partition coefficient (Wildman–Crippen LogP) is 2.36. The van der Waals surface area contributed by atoms with Crippen molar-refractivity contribution in [2.75, 3.05) is 17.2 Å². The minimum Gasteiger partial charge on any atom is -0.396 e. The van der Waals surface area contributed by atoms with Gasteiger partial charge in [-0.05, 0) is 41.8 Å². The third-order valence-electron chi connectivity index (χ3n) is 3.28. The SMILES string of the molecule is CC(=O)Nc1ccc(CC(=O)Nc2ccc(CCO)cc2)cc1. The molecule has 5 nitrogen and oxygen atoms in total. The number of anilines is 2. The van der Waals surface area contributed by atoms with Gasteiger partial charge in [-0.15, -0.1) is 0 Å². The zero-order chi connectivity index (χ0) is 16.7. The van der Waals surface area contributed by atoms with Crippen molar-refractivity contribution in [3.8, 4) is 0 Å². The van der Waals surface area contributed by atoms with Gasteiger partial charge in [-0.1, -0.05) is 24.3 Å². The van der Waals surface area contributed by atoms with Crippen molar-refractivity contribution in [1.29, 1.82) is 0 Å². The Morgan fingerprint density at radius 3 is 1.91 bits per heavy atom. The number of carbonyl (C=O) groups is 2. The van der Waals surface area contributed by atoms with Gasteiger partial charge >= 0.3 is 0 Å². The predicted molar refractivity (Wildman–Crippen MR) is 90.3 cm³/mol. The Kier molecular flexibility index (Phi) is 5.88. The number of amides is 2. The first-order valence-electron chi connectivity index (χ1n) is 7.43. The van der Waals surface area contributed by atoms with Crippen molar-refractivity contribution in [1.82, 2.24) is 0 Å². The van der Waals surface area contributed by atoms with Crippen molar-refractivity contribution < 1.29 is 14.7 Å². The highest BCUT2D eigenvalue weighted by atomic mass is 16.3. The molecule has 2 amide bonds. The lowest BCUT2D eigenvalue weighted by atomic mass is 10.1. The van der Waals surface area contributed by atoms with Crippen LogP contribution in [0.5, 0.6) is 0 Å². The fraction of sp³-hybridized carbons (Fsp3) is 0.222. The lowest BCUT2D eigenvalue weighted by molar-refractivity contribution is -0.116. The van der Waals surface area contributed by atoms with Gasteiger partial charge in [0.05, 0.1) is 6.42 Å². The molecule has 0 heterocycles. The number of carbonyl (C=O) groups excluding carboxylic acids is 2. The minimum absolute atomic E-state index is 0.104. The number of aliphatic hydroxyl groups excluding tert-OH is 1. The maximum absolute atomic E-state index is 12.0. The maximum Gasteiger partial charge on any atom is 0.228 e. The van der Waals surface area contributed by atoms with E-state index in [0.717, 1.165) is 16.8 Å². The summed E-state index contributed by atoms with van der Waals surface area (Å²) in [6.07, 6.45) is 0.869. The monoisotopic (exact) mass is 312 g/mol. The lowest BCUT2D eigenvalue weighted by Crippen LogP contribution is -2.14. The van der Waals surface area contributed by atoms with E-state index in [1.54, 1.807) is 12.1 Å². The third kappa shape index (κ3) is 5.56. The average Bonchev–Trinajstić information content (AvgIpc) is 2.51. The van der Waals surface area contributed by atoms with Crippen molar-refractivity contribution in [2.24, 2.45) is 0 Å². The summed E-state index contributed by atoms with van der Waals surface area (Å²) < 4.78 is 0. The van der Waals surface area contributed by atoms with Crippen molar-refractivity contribution >= 4 is 23.2 Å². The molecule has 0 aliphatic heterocycles. The molecule has 0 fully saturated rings. The molecule has 5 heteroatoms. The molecule has 0 saturated carbocycles. The molecule has 0 aliphatic rings. The quantitative estimate of drug-likeness (QED) is 0.766. The van der Waals surface area contributed by atoms with Crippen LogP contribution >= 0.6 is 0 Å². The highest BCUT2D eigenvalue weighted by Gasteiger charge is 2.05. The fourth-order valence-electron chi connectivity index (χ4n) is 2.18. The van der Waals surface area contributed by atoms with E-state index in [-0.39, 0.29) is 24.8 Å². The van der Waals surface area contributed by atoms with Crippen LogP contribution in [-0.4, -0.2) is 23.5 Å². The van der Waals surface area contributed by atoms with Crippen molar-refractivity contribution in [3.63, 3.8) is 0 Å². The van der Waals surface area contributed by atoms with Crippen LogP contribution in [0.1, 0.15) is 18.1 Å². The van der Waals surface area contributed by atoms with Crippen LogP contribution in [0.15, 0.2) is 48.5 Å². The second-order valence-electron chi connectivity index (χ2n) is 5.27. The Bertz CT molecular complexity index is 664. The van der Waals surface area contributed by atoms with E-state index in [2.05, 4.69) is 10.6 Å². The molecule has 0 radical (unpaired) electrons. The maximum atomic E-state index is 12.0. The molecule has 0 aromatic heterocycles. The Hall–Kier alpha value is -2.66. The molecule has 2 aromatic rings. The highest BCUT2D eigenvalue weighted by molar-refractivity contribution is 5.92. The molecule has 120 valence electrons. The second-order valence-corrected chi connectivity index (χ2v) is 5.27. The Labute approximate surface area is 135 Å². The normalized spacial score (nSPS) is 10.2. The van der Waals surface area contributed by atoms with Gasteiger partial charge < -0.3 is 15.7 Å². The van der Waals surface area contributed by atoms with Crippen LogP contribution in [0.4, 0.5) is 11.4 Å². The van der Waals surface area contributed by atoms with Crippen LogP contribution < -0.4 is 10.6 Å². The van der Waals surface area contributed by atoms with Gasteiger partial charge in [0.25, 0.3) is 0 Å². The molecule has 0 spiro atoms. The molecule has 0 saturated heterocycles. The van der Waals surface area contributed by atoms with Crippen LogP contribution in [-0.2, 0) is 22.4 Å². The molecule has 2 rings (SSSR count). The van der Waals surface area contributed by atoms with E-state index in [0.29, 0.717) is 12.1 Å². The van der Waals surface area contributed by atoms with E-state index in [1.807, 2.05) is 36.4 Å². The summed E-state index contributed by atoms with van der Waals surface area (Å²) in [5.74, 6) is -0.229. The average molecular weight is 312 g/mol. The van der Waals surface area contributed by atoms with Gasteiger partial charge in [0.15, 0.2) is 0 Å². The zero-order valence-corrected chi connectivity index (χ0v) is 13.0. The minimum atomic E-state index is -0.125. The molecular weight excluding hydrogens is 292 g/mol. The topological polar surface area (TPSA) is 78.4 Å². The summed E-state index contributed by atoms with van der Waals surface area (Å²) in [4.78, 5) is 23.0. The van der Waals surface area contributed by atoms with Gasteiger partial charge in [0.1, 0.15) is 0 Å². The number of hydrogen-bond acceptors (Lipinski definition) is 3. The molecule has 0 atom stereocenters. The van der Waals surface area contributed by atoms with E-state index in [1.165, 1.54) is 6.92 Å². The van der Waals surface area contributed by atoms with E-state index < -0.39 is 0 Å². The molecule has 23 heavy (non-hydrogen) atoms. The third-order valence-corrected chi connectivity index (χ3v) is 3.28. The van der Waals surface area contributed by atoms with Gasteiger partial charge in [0.2, 0.25) is 11.8 Å².